The van der Waals surface area contributed by atoms with Gasteiger partial charge in [0.05, 0.1) is 18.7 Å². The monoisotopic (exact) mass is 343 g/mol. The summed E-state index contributed by atoms with van der Waals surface area (Å²) < 4.78 is 12.8. The van der Waals surface area contributed by atoms with E-state index in [1.807, 2.05) is 53.2 Å². The van der Waals surface area contributed by atoms with Gasteiger partial charge in [-0.1, -0.05) is 18.2 Å². The normalized spacial score (nSPS) is 16.2. The van der Waals surface area contributed by atoms with E-state index in [4.69, 9.17) is 9.47 Å². The lowest BCUT2D eigenvalue weighted by Gasteiger charge is -2.30. The minimum atomic E-state index is -0.159. The molecule has 0 radical (unpaired) electrons. The third-order valence-electron chi connectivity index (χ3n) is 4.49. The maximum atomic E-state index is 13.1. The number of carbonyl (C=O) groups excluding carboxylic acids is 1. The van der Waals surface area contributed by atoms with Crippen LogP contribution in [0.2, 0.25) is 0 Å². The third kappa shape index (κ3) is 4.20. The highest BCUT2D eigenvalue weighted by Crippen LogP contribution is 2.28. The van der Waals surface area contributed by atoms with Crippen LogP contribution in [0.1, 0.15) is 18.1 Å². The van der Waals surface area contributed by atoms with E-state index in [-0.39, 0.29) is 11.8 Å². The lowest BCUT2D eigenvalue weighted by atomic mass is 9.95. The molecule has 1 unspecified atom stereocenters. The number of aromatic nitrogens is 2. The average molecular weight is 343 g/mol. The molecular formula is C19H25N3O3. The minimum Gasteiger partial charge on any atom is -0.492 e. The molecule has 1 aliphatic rings. The second kappa shape index (κ2) is 8.16. The van der Waals surface area contributed by atoms with Crippen LogP contribution in [0.25, 0.3) is 0 Å². The quantitative estimate of drug-likeness (QED) is 0.773. The van der Waals surface area contributed by atoms with Crippen molar-refractivity contribution in [2.75, 3.05) is 26.9 Å². The maximum Gasteiger partial charge on any atom is 0.229 e. The molecule has 0 fully saturated rings. The Bertz CT molecular complexity index is 713. The number of fused-ring (bicyclic) bond motifs is 1. The van der Waals surface area contributed by atoms with Gasteiger partial charge in [-0.25, -0.2) is 0 Å². The zero-order valence-electron chi connectivity index (χ0n) is 14.9. The zero-order valence-corrected chi connectivity index (χ0v) is 14.9. The van der Waals surface area contributed by atoms with Crippen LogP contribution in [0.4, 0.5) is 0 Å². The summed E-state index contributed by atoms with van der Waals surface area (Å²) in [6, 6.07) is 7.92. The van der Waals surface area contributed by atoms with Crippen LogP contribution in [0.15, 0.2) is 36.7 Å². The fourth-order valence-electron chi connectivity index (χ4n) is 3.09. The van der Waals surface area contributed by atoms with Crippen molar-refractivity contribution in [2.24, 2.45) is 5.92 Å². The highest BCUT2D eigenvalue weighted by atomic mass is 16.5. The molecule has 1 aromatic heterocycles. The van der Waals surface area contributed by atoms with Crippen LogP contribution in [-0.4, -0.2) is 47.5 Å². The molecule has 25 heavy (non-hydrogen) atoms. The van der Waals surface area contributed by atoms with Crippen LogP contribution in [0.5, 0.6) is 5.75 Å². The first-order valence-electron chi connectivity index (χ1n) is 8.71. The molecule has 0 aliphatic carbocycles. The second-order valence-corrected chi connectivity index (χ2v) is 6.28. The predicted molar refractivity (Wildman–Crippen MR) is 94.3 cm³/mol. The molecule has 2 heterocycles. The number of ether oxygens (including phenoxy) is 2. The molecule has 2 aromatic rings. The average Bonchev–Trinajstić information content (AvgIpc) is 3.12. The van der Waals surface area contributed by atoms with E-state index in [9.17, 15) is 4.79 Å². The molecule has 6 nitrogen and oxygen atoms in total. The first-order chi connectivity index (χ1) is 12.2. The number of aryl methyl sites for hydroxylation is 1. The van der Waals surface area contributed by atoms with Crippen LogP contribution in [0.3, 0.4) is 0 Å². The Hall–Kier alpha value is -2.34. The molecule has 1 atom stereocenters. The Morgan fingerprint density at radius 3 is 3.04 bits per heavy atom. The fourth-order valence-corrected chi connectivity index (χ4v) is 3.09. The van der Waals surface area contributed by atoms with Crippen molar-refractivity contribution in [3.63, 3.8) is 0 Å². The van der Waals surface area contributed by atoms with Gasteiger partial charge < -0.3 is 14.4 Å². The van der Waals surface area contributed by atoms with E-state index >= 15 is 0 Å². The zero-order chi connectivity index (χ0) is 17.6. The molecule has 1 aromatic carbocycles. The first kappa shape index (κ1) is 17.5. The number of rotatable bonds is 7. The van der Waals surface area contributed by atoms with Crippen molar-refractivity contribution in [1.29, 1.82) is 0 Å². The van der Waals surface area contributed by atoms with E-state index in [1.54, 1.807) is 7.11 Å². The van der Waals surface area contributed by atoms with Crippen molar-refractivity contribution >= 4 is 5.91 Å². The van der Waals surface area contributed by atoms with Crippen molar-refractivity contribution in [2.45, 2.75) is 26.4 Å². The van der Waals surface area contributed by atoms with E-state index in [1.165, 1.54) is 0 Å². The Kier molecular flexibility index (Phi) is 5.71. The topological polar surface area (TPSA) is 56.6 Å². The number of hydrogen-bond donors (Lipinski definition) is 0. The SMILES string of the molecule is CCn1cc(CN(CCOC)C(=O)C2COc3ccccc3C2)cn1. The van der Waals surface area contributed by atoms with E-state index < -0.39 is 0 Å². The van der Waals surface area contributed by atoms with E-state index in [2.05, 4.69) is 5.10 Å². The predicted octanol–water partition coefficient (Wildman–Crippen LogP) is 2.13. The van der Waals surface area contributed by atoms with Gasteiger partial charge in [-0.05, 0) is 25.0 Å². The molecule has 0 saturated heterocycles. The van der Waals surface area contributed by atoms with E-state index in [0.29, 0.717) is 32.7 Å². The highest BCUT2D eigenvalue weighted by Gasteiger charge is 2.29. The van der Waals surface area contributed by atoms with Crippen molar-refractivity contribution in [3.8, 4) is 5.75 Å². The van der Waals surface area contributed by atoms with Crippen LogP contribution >= 0.6 is 0 Å². The van der Waals surface area contributed by atoms with Gasteiger partial charge in [0.1, 0.15) is 12.4 Å². The van der Waals surface area contributed by atoms with Crippen molar-refractivity contribution in [3.05, 3.63) is 47.8 Å². The number of methoxy groups -OCH3 is 1. The molecule has 0 saturated carbocycles. The third-order valence-corrected chi connectivity index (χ3v) is 4.49. The Balaban J connectivity index is 1.70. The molecule has 0 spiro atoms. The maximum absolute atomic E-state index is 13.1. The number of nitrogens with zero attached hydrogens (tertiary/aromatic N) is 3. The number of hydrogen-bond acceptors (Lipinski definition) is 4. The largest absolute Gasteiger partial charge is 0.492 e. The molecule has 0 N–H and O–H groups in total. The summed E-state index contributed by atoms with van der Waals surface area (Å²) in [6.07, 6.45) is 4.52. The summed E-state index contributed by atoms with van der Waals surface area (Å²) in [7, 11) is 1.65. The van der Waals surface area contributed by atoms with Crippen molar-refractivity contribution < 1.29 is 14.3 Å². The fraction of sp³-hybridized carbons (Fsp3) is 0.474. The number of para-hydroxylation sites is 1. The van der Waals surface area contributed by atoms with Crippen molar-refractivity contribution in [1.82, 2.24) is 14.7 Å². The summed E-state index contributed by atoms with van der Waals surface area (Å²) in [5.74, 6) is 0.836. The number of carbonyl (C=O) groups is 1. The second-order valence-electron chi connectivity index (χ2n) is 6.28. The Morgan fingerprint density at radius 1 is 1.44 bits per heavy atom. The summed E-state index contributed by atoms with van der Waals surface area (Å²) in [6.45, 7) is 4.90. The van der Waals surface area contributed by atoms with Gasteiger partial charge in [-0.2, -0.15) is 5.10 Å². The van der Waals surface area contributed by atoms with Gasteiger partial charge in [0, 0.05) is 38.5 Å². The van der Waals surface area contributed by atoms with Gasteiger partial charge in [-0.15, -0.1) is 0 Å². The van der Waals surface area contributed by atoms with Crippen LogP contribution < -0.4 is 4.74 Å². The minimum absolute atomic E-state index is 0.107. The molecule has 3 rings (SSSR count). The summed E-state index contributed by atoms with van der Waals surface area (Å²) >= 11 is 0. The molecule has 1 amide bonds. The van der Waals surface area contributed by atoms with Gasteiger partial charge in [0.15, 0.2) is 0 Å². The summed E-state index contributed by atoms with van der Waals surface area (Å²) in [5, 5.41) is 4.29. The molecular weight excluding hydrogens is 318 g/mol. The standard InChI is InChI=1S/C19H25N3O3/c1-3-22-13-15(11-20-22)12-21(8-9-24-2)19(23)17-10-16-6-4-5-7-18(16)25-14-17/h4-7,11,13,17H,3,8-10,12,14H2,1-2H3. The summed E-state index contributed by atoms with van der Waals surface area (Å²) in [5.41, 5.74) is 2.13. The van der Waals surface area contributed by atoms with Gasteiger partial charge >= 0.3 is 0 Å². The van der Waals surface area contributed by atoms with Crippen LogP contribution in [-0.2, 0) is 29.0 Å². The Labute approximate surface area is 148 Å². The number of benzene rings is 1. The molecule has 134 valence electrons. The van der Waals surface area contributed by atoms with Crippen LogP contribution in [0, 0.1) is 5.92 Å². The van der Waals surface area contributed by atoms with Gasteiger partial charge in [0.25, 0.3) is 0 Å². The lowest BCUT2D eigenvalue weighted by Crippen LogP contribution is -2.41. The van der Waals surface area contributed by atoms with Gasteiger partial charge in [-0.3, -0.25) is 9.48 Å². The smallest absolute Gasteiger partial charge is 0.229 e. The Morgan fingerprint density at radius 2 is 2.28 bits per heavy atom. The lowest BCUT2D eigenvalue weighted by molar-refractivity contribution is -0.138. The van der Waals surface area contributed by atoms with E-state index in [0.717, 1.165) is 23.4 Å². The molecule has 1 aliphatic heterocycles. The van der Waals surface area contributed by atoms with Gasteiger partial charge in [0.2, 0.25) is 5.91 Å². The molecule has 6 heteroatoms. The first-order valence-corrected chi connectivity index (χ1v) is 8.71. The summed E-state index contributed by atoms with van der Waals surface area (Å²) in [4.78, 5) is 14.9. The molecule has 0 bridgehead atoms. The number of amides is 1. The highest BCUT2D eigenvalue weighted by molar-refractivity contribution is 5.79.